The van der Waals surface area contributed by atoms with Crippen molar-refractivity contribution in [2.45, 2.75) is 18.7 Å². The summed E-state index contributed by atoms with van der Waals surface area (Å²) in [5.74, 6) is -0.679. The standard InChI is InChI=1S/C11H16N2O4S/c1-3-13(4-2)18(16,17)10-7-5-9(6-8-10)11(14)12-15/h5-8,15H,3-4H2,1-2H3,(H,12,14). The molecule has 0 aromatic heterocycles. The molecular weight excluding hydrogens is 256 g/mol. The Morgan fingerprint density at radius 3 is 2.11 bits per heavy atom. The zero-order chi connectivity index (χ0) is 13.8. The average Bonchev–Trinajstić information content (AvgIpc) is 2.39. The van der Waals surface area contributed by atoms with Gasteiger partial charge in [-0.15, -0.1) is 0 Å². The number of sulfonamides is 1. The predicted molar refractivity (Wildman–Crippen MR) is 65.8 cm³/mol. The molecule has 0 saturated heterocycles. The quantitative estimate of drug-likeness (QED) is 0.614. The Morgan fingerprint density at radius 2 is 1.72 bits per heavy atom. The topological polar surface area (TPSA) is 86.7 Å². The number of hydrogen-bond acceptors (Lipinski definition) is 4. The van der Waals surface area contributed by atoms with Gasteiger partial charge < -0.3 is 0 Å². The summed E-state index contributed by atoms with van der Waals surface area (Å²) in [5, 5.41) is 8.46. The minimum absolute atomic E-state index is 0.126. The molecule has 0 aliphatic carbocycles. The number of carbonyl (C=O) groups is 1. The van der Waals surface area contributed by atoms with E-state index in [0.29, 0.717) is 13.1 Å². The zero-order valence-electron chi connectivity index (χ0n) is 10.3. The molecule has 0 unspecified atom stereocenters. The molecule has 1 rings (SSSR count). The number of hydroxylamine groups is 1. The fourth-order valence-electron chi connectivity index (χ4n) is 1.56. The third-order valence-corrected chi connectivity index (χ3v) is 4.63. The summed E-state index contributed by atoms with van der Waals surface area (Å²) in [6.07, 6.45) is 0. The maximum Gasteiger partial charge on any atom is 0.274 e. The highest BCUT2D eigenvalue weighted by Crippen LogP contribution is 2.16. The highest BCUT2D eigenvalue weighted by atomic mass is 32.2. The molecule has 0 heterocycles. The molecule has 0 aliphatic rings. The number of amides is 1. The lowest BCUT2D eigenvalue weighted by Gasteiger charge is -2.18. The molecule has 0 spiro atoms. The van der Waals surface area contributed by atoms with Crippen LogP contribution < -0.4 is 5.48 Å². The highest BCUT2D eigenvalue weighted by molar-refractivity contribution is 7.89. The molecule has 0 radical (unpaired) electrons. The maximum atomic E-state index is 12.1. The Hall–Kier alpha value is -1.44. The minimum atomic E-state index is -3.51. The SMILES string of the molecule is CCN(CC)S(=O)(=O)c1ccc(C(=O)NO)cc1. The number of benzene rings is 1. The Kier molecular flexibility index (Phi) is 4.83. The van der Waals surface area contributed by atoms with Gasteiger partial charge in [0.25, 0.3) is 5.91 Å². The third-order valence-electron chi connectivity index (χ3n) is 2.56. The molecule has 0 atom stereocenters. The van der Waals surface area contributed by atoms with E-state index in [2.05, 4.69) is 0 Å². The van der Waals surface area contributed by atoms with E-state index in [9.17, 15) is 13.2 Å². The Balaban J connectivity index is 3.08. The van der Waals surface area contributed by atoms with Gasteiger partial charge in [-0.2, -0.15) is 4.31 Å². The van der Waals surface area contributed by atoms with E-state index in [-0.39, 0.29) is 10.5 Å². The van der Waals surface area contributed by atoms with Crippen molar-refractivity contribution in [2.75, 3.05) is 13.1 Å². The molecule has 0 fully saturated rings. The van der Waals surface area contributed by atoms with Gasteiger partial charge in [-0.3, -0.25) is 10.0 Å². The summed E-state index contributed by atoms with van der Waals surface area (Å²) < 4.78 is 25.6. The van der Waals surface area contributed by atoms with Crippen molar-refractivity contribution in [3.63, 3.8) is 0 Å². The van der Waals surface area contributed by atoms with Gasteiger partial charge >= 0.3 is 0 Å². The molecular formula is C11H16N2O4S. The number of nitrogens with one attached hydrogen (secondary N) is 1. The third kappa shape index (κ3) is 2.87. The van der Waals surface area contributed by atoms with Crippen molar-refractivity contribution in [3.8, 4) is 0 Å². The van der Waals surface area contributed by atoms with Crippen LogP contribution in [0.5, 0.6) is 0 Å². The fraction of sp³-hybridized carbons (Fsp3) is 0.364. The van der Waals surface area contributed by atoms with Crippen LogP contribution in [-0.2, 0) is 10.0 Å². The second kappa shape index (κ2) is 5.94. The lowest BCUT2D eigenvalue weighted by molar-refractivity contribution is 0.0706. The number of nitrogens with zero attached hydrogens (tertiary/aromatic N) is 1. The smallest absolute Gasteiger partial charge is 0.274 e. The van der Waals surface area contributed by atoms with Crippen molar-refractivity contribution in [1.82, 2.24) is 9.79 Å². The molecule has 18 heavy (non-hydrogen) atoms. The number of rotatable bonds is 5. The van der Waals surface area contributed by atoms with E-state index in [4.69, 9.17) is 5.21 Å². The van der Waals surface area contributed by atoms with E-state index >= 15 is 0 Å². The van der Waals surface area contributed by atoms with Crippen molar-refractivity contribution < 1.29 is 18.4 Å². The average molecular weight is 272 g/mol. The van der Waals surface area contributed by atoms with Gasteiger partial charge in [-0.05, 0) is 24.3 Å². The monoisotopic (exact) mass is 272 g/mol. The predicted octanol–water partition coefficient (Wildman–Crippen LogP) is 0.836. The summed E-state index contributed by atoms with van der Waals surface area (Å²) in [5.41, 5.74) is 1.68. The Bertz CT molecular complexity index is 506. The second-order valence-electron chi connectivity index (χ2n) is 3.55. The Labute approximate surface area is 106 Å². The van der Waals surface area contributed by atoms with Crippen LogP contribution in [0.25, 0.3) is 0 Å². The molecule has 0 saturated carbocycles. The van der Waals surface area contributed by atoms with Gasteiger partial charge in [-0.1, -0.05) is 13.8 Å². The zero-order valence-corrected chi connectivity index (χ0v) is 11.1. The van der Waals surface area contributed by atoms with Gasteiger partial charge in [-0.25, -0.2) is 13.9 Å². The lowest BCUT2D eigenvalue weighted by atomic mass is 10.2. The molecule has 0 aliphatic heterocycles. The van der Waals surface area contributed by atoms with Crippen molar-refractivity contribution in [3.05, 3.63) is 29.8 Å². The normalized spacial score (nSPS) is 11.6. The summed E-state index contributed by atoms with van der Waals surface area (Å²) in [4.78, 5) is 11.2. The fourth-order valence-corrected chi connectivity index (χ4v) is 3.01. The molecule has 1 amide bonds. The van der Waals surface area contributed by atoms with Gasteiger partial charge in [0.15, 0.2) is 0 Å². The molecule has 7 heteroatoms. The van der Waals surface area contributed by atoms with Crippen molar-refractivity contribution in [2.24, 2.45) is 0 Å². The molecule has 1 aromatic rings. The first-order valence-corrected chi connectivity index (χ1v) is 6.96. The van der Waals surface area contributed by atoms with Crippen LogP contribution in [0.3, 0.4) is 0 Å². The van der Waals surface area contributed by atoms with Crippen LogP contribution >= 0.6 is 0 Å². The van der Waals surface area contributed by atoms with Crippen LogP contribution in [0.1, 0.15) is 24.2 Å². The summed E-state index contributed by atoms with van der Waals surface area (Å²) in [6, 6.07) is 5.39. The molecule has 6 nitrogen and oxygen atoms in total. The van der Waals surface area contributed by atoms with Crippen LogP contribution in [0, 0.1) is 0 Å². The van der Waals surface area contributed by atoms with E-state index in [1.54, 1.807) is 13.8 Å². The first-order chi connectivity index (χ1) is 8.47. The molecule has 0 bridgehead atoms. The van der Waals surface area contributed by atoms with Crippen LogP contribution in [0.2, 0.25) is 0 Å². The van der Waals surface area contributed by atoms with Crippen molar-refractivity contribution in [1.29, 1.82) is 0 Å². The second-order valence-corrected chi connectivity index (χ2v) is 5.49. The van der Waals surface area contributed by atoms with Gasteiger partial charge in [0.1, 0.15) is 0 Å². The van der Waals surface area contributed by atoms with Gasteiger partial charge in [0, 0.05) is 18.7 Å². The van der Waals surface area contributed by atoms with E-state index in [0.717, 1.165) is 0 Å². The van der Waals surface area contributed by atoms with E-state index < -0.39 is 15.9 Å². The van der Waals surface area contributed by atoms with Crippen molar-refractivity contribution >= 4 is 15.9 Å². The van der Waals surface area contributed by atoms with Crippen LogP contribution in [0.15, 0.2) is 29.2 Å². The lowest BCUT2D eigenvalue weighted by Crippen LogP contribution is -2.30. The van der Waals surface area contributed by atoms with E-state index in [1.807, 2.05) is 0 Å². The first-order valence-electron chi connectivity index (χ1n) is 5.52. The highest BCUT2D eigenvalue weighted by Gasteiger charge is 2.21. The van der Waals surface area contributed by atoms with Gasteiger partial charge in [0.2, 0.25) is 10.0 Å². The largest absolute Gasteiger partial charge is 0.288 e. The number of carbonyl (C=O) groups excluding carboxylic acids is 1. The molecule has 1 aromatic carbocycles. The van der Waals surface area contributed by atoms with Crippen LogP contribution in [0.4, 0.5) is 0 Å². The van der Waals surface area contributed by atoms with Gasteiger partial charge in [0.05, 0.1) is 4.90 Å². The number of hydrogen-bond donors (Lipinski definition) is 2. The minimum Gasteiger partial charge on any atom is -0.288 e. The molecule has 2 N–H and O–H groups in total. The Morgan fingerprint density at radius 1 is 1.22 bits per heavy atom. The maximum absolute atomic E-state index is 12.1. The summed E-state index contributed by atoms with van der Waals surface area (Å²) in [7, 11) is -3.51. The summed E-state index contributed by atoms with van der Waals surface area (Å²) in [6.45, 7) is 4.29. The van der Waals surface area contributed by atoms with Crippen LogP contribution in [-0.4, -0.2) is 36.9 Å². The summed E-state index contributed by atoms with van der Waals surface area (Å²) >= 11 is 0. The molecule has 100 valence electrons. The van der Waals surface area contributed by atoms with E-state index in [1.165, 1.54) is 34.1 Å². The first kappa shape index (κ1) is 14.6.